The van der Waals surface area contributed by atoms with Crippen molar-refractivity contribution < 1.29 is 26.3 Å². The van der Waals surface area contributed by atoms with Gasteiger partial charge in [-0.15, -0.1) is 0 Å². The van der Waals surface area contributed by atoms with Crippen LogP contribution in [-0.4, -0.2) is 20.5 Å². The van der Waals surface area contributed by atoms with E-state index < -0.39 is 32.2 Å². The Balaban J connectivity index is 2.08. The summed E-state index contributed by atoms with van der Waals surface area (Å²) < 4.78 is 73.0. The van der Waals surface area contributed by atoms with Gasteiger partial charge in [-0.25, -0.2) is 21.6 Å². The lowest BCUT2D eigenvalue weighted by Gasteiger charge is -2.15. The van der Waals surface area contributed by atoms with Crippen LogP contribution in [0.5, 0.6) is 5.75 Å². The molecule has 152 valence electrons. The Morgan fingerprint density at radius 1 is 0.867 bits per heavy atom. The fourth-order valence-corrected chi connectivity index (χ4v) is 4.72. The van der Waals surface area contributed by atoms with E-state index in [-0.39, 0.29) is 16.0 Å². The quantitative estimate of drug-likeness (QED) is 0.450. The molecule has 0 aliphatic carbocycles. The van der Waals surface area contributed by atoms with Crippen molar-refractivity contribution in [3.05, 3.63) is 84.3 Å². The minimum Gasteiger partial charge on any atom is -0.497 e. The minimum atomic E-state index is -4.36. The van der Waals surface area contributed by atoms with Crippen LogP contribution in [0.4, 0.5) is 13.2 Å². The molecule has 4 aromatic rings. The van der Waals surface area contributed by atoms with Crippen molar-refractivity contribution in [2.45, 2.75) is 9.79 Å². The molecule has 0 aliphatic rings. The van der Waals surface area contributed by atoms with Gasteiger partial charge in [-0.05, 0) is 42.0 Å². The Bertz CT molecular complexity index is 1370. The maximum Gasteiger partial charge on any atom is 0.208 e. The maximum absolute atomic E-state index is 13.7. The molecule has 4 rings (SSSR count). The third-order valence-electron chi connectivity index (χ3n) is 4.59. The molecule has 0 amide bonds. The number of methoxy groups -OCH3 is 1. The zero-order valence-corrected chi connectivity index (χ0v) is 16.4. The first-order valence-corrected chi connectivity index (χ1v) is 10.2. The molecule has 0 spiro atoms. The summed E-state index contributed by atoms with van der Waals surface area (Å²) in [6, 6.07) is 12.5. The zero-order valence-electron chi connectivity index (χ0n) is 15.6. The Kier molecular flexibility index (Phi) is 4.95. The summed E-state index contributed by atoms with van der Waals surface area (Å²) in [5, 5.41) is 0.364. The van der Waals surface area contributed by atoms with Crippen LogP contribution >= 0.6 is 0 Å². The number of hydrogen-bond acceptors (Lipinski definition) is 4. The number of halogens is 3. The topological polar surface area (TPSA) is 56.3 Å². The second kappa shape index (κ2) is 7.46. The Morgan fingerprint density at radius 2 is 1.60 bits per heavy atom. The van der Waals surface area contributed by atoms with E-state index in [1.165, 1.54) is 25.3 Å². The fourth-order valence-electron chi connectivity index (χ4n) is 3.24. The highest BCUT2D eigenvalue weighted by Gasteiger charge is 2.26. The average Bonchev–Trinajstić information content (AvgIpc) is 2.72. The van der Waals surface area contributed by atoms with Gasteiger partial charge in [0.25, 0.3) is 0 Å². The zero-order chi connectivity index (χ0) is 21.5. The molecule has 3 aromatic carbocycles. The predicted octanol–water partition coefficient (Wildman–Crippen LogP) is 5.16. The van der Waals surface area contributed by atoms with E-state index in [0.29, 0.717) is 22.8 Å². The Morgan fingerprint density at radius 3 is 2.30 bits per heavy atom. The fraction of sp³-hybridized carbons (Fsp3) is 0.0455. The van der Waals surface area contributed by atoms with Crippen molar-refractivity contribution in [2.24, 2.45) is 0 Å². The highest BCUT2D eigenvalue weighted by molar-refractivity contribution is 7.91. The first-order valence-electron chi connectivity index (χ1n) is 8.73. The predicted molar refractivity (Wildman–Crippen MR) is 105 cm³/mol. The molecule has 0 fully saturated rings. The third-order valence-corrected chi connectivity index (χ3v) is 6.34. The van der Waals surface area contributed by atoms with Crippen LogP contribution in [0.1, 0.15) is 0 Å². The number of rotatable bonds is 4. The molecule has 0 saturated heterocycles. The number of sulfone groups is 1. The van der Waals surface area contributed by atoms with Gasteiger partial charge in [-0.3, -0.25) is 4.98 Å². The van der Waals surface area contributed by atoms with Crippen molar-refractivity contribution in [1.82, 2.24) is 4.98 Å². The molecule has 0 saturated carbocycles. The van der Waals surface area contributed by atoms with E-state index in [1.54, 1.807) is 24.3 Å². The molecule has 8 heteroatoms. The summed E-state index contributed by atoms with van der Waals surface area (Å²) in [6.45, 7) is 0. The van der Waals surface area contributed by atoms with Crippen LogP contribution in [0, 0.1) is 17.5 Å². The molecule has 0 bridgehead atoms. The summed E-state index contributed by atoms with van der Waals surface area (Å²) >= 11 is 0. The Labute approximate surface area is 170 Å². The van der Waals surface area contributed by atoms with Gasteiger partial charge in [0.05, 0.1) is 22.4 Å². The van der Waals surface area contributed by atoms with Gasteiger partial charge in [-0.2, -0.15) is 0 Å². The molecule has 1 aromatic heterocycles. The molecule has 0 radical (unpaired) electrons. The minimum absolute atomic E-state index is 0.226. The van der Waals surface area contributed by atoms with E-state index in [9.17, 15) is 21.6 Å². The van der Waals surface area contributed by atoms with Crippen LogP contribution in [0.3, 0.4) is 0 Å². The highest BCUT2D eigenvalue weighted by atomic mass is 32.2. The van der Waals surface area contributed by atoms with Crippen molar-refractivity contribution in [3.63, 3.8) is 0 Å². The SMILES string of the molecule is COc1cccc(-c2c(S(=O)(=O)c3cc(F)cc(F)c3)cnc3cc(F)ccc23)c1. The molecular formula is C22H14F3NO3S. The van der Waals surface area contributed by atoms with Gasteiger partial charge < -0.3 is 4.74 Å². The van der Waals surface area contributed by atoms with E-state index in [4.69, 9.17) is 4.74 Å². The van der Waals surface area contributed by atoms with Crippen molar-refractivity contribution in [1.29, 1.82) is 0 Å². The number of benzene rings is 3. The van der Waals surface area contributed by atoms with Gasteiger partial charge in [0, 0.05) is 29.3 Å². The summed E-state index contributed by atoms with van der Waals surface area (Å²) in [5.41, 5.74) is 0.921. The van der Waals surface area contributed by atoms with Crippen LogP contribution in [0.2, 0.25) is 0 Å². The van der Waals surface area contributed by atoms with E-state index in [2.05, 4.69) is 4.98 Å². The number of nitrogens with zero attached hydrogens (tertiary/aromatic N) is 1. The van der Waals surface area contributed by atoms with Gasteiger partial charge >= 0.3 is 0 Å². The molecule has 0 aliphatic heterocycles. The number of aromatic nitrogens is 1. The first-order chi connectivity index (χ1) is 14.3. The van der Waals surface area contributed by atoms with Crippen LogP contribution in [-0.2, 0) is 9.84 Å². The second-order valence-electron chi connectivity index (χ2n) is 6.50. The normalized spacial score (nSPS) is 11.6. The van der Waals surface area contributed by atoms with Gasteiger partial charge in [-0.1, -0.05) is 12.1 Å². The third kappa shape index (κ3) is 3.50. The summed E-state index contributed by atoms with van der Waals surface area (Å²) in [6.07, 6.45) is 1.06. The average molecular weight is 429 g/mol. The molecule has 1 heterocycles. The van der Waals surface area contributed by atoms with Crippen LogP contribution in [0.15, 0.2) is 76.7 Å². The van der Waals surface area contributed by atoms with Crippen molar-refractivity contribution >= 4 is 20.7 Å². The Hall–Kier alpha value is -3.39. The maximum atomic E-state index is 13.7. The van der Waals surface area contributed by atoms with Gasteiger partial charge in [0.1, 0.15) is 23.2 Å². The van der Waals surface area contributed by atoms with Crippen molar-refractivity contribution in [3.8, 4) is 16.9 Å². The monoisotopic (exact) mass is 429 g/mol. The number of hydrogen-bond donors (Lipinski definition) is 0. The number of fused-ring (bicyclic) bond motifs is 1. The summed E-state index contributed by atoms with van der Waals surface area (Å²) in [7, 11) is -2.90. The number of pyridine rings is 1. The molecular weight excluding hydrogens is 415 g/mol. The van der Waals surface area contributed by atoms with Gasteiger partial charge in [0.2, 0.25) is 9.84 Å². The van der Waals surface area contributed by atoms with E-state index in [0.717, 1.165) is 18.3 Å². The van der Waals surface area contributed by atoms with Gasteiger partial charge in [0.15, 0.2) is 0 Å². The highest BCUT2D eigenvalue weighted by Crippen LogP contribution is 2.38. The smallest absolute Gasteiger partial charge is 0.208 e. The van der Waals surface area contributed by atoms with E-state index in [1.807, 2.05) is 0 Å². The molecule has 0 N–H and O–H groups in total. The molecule has 30 heavy (non-hydrogen) atoms. The molecule has 0 unspecified atom stereocenters. The second-order valence-corrected chi connectivity index (χ2v) is 8.42. The summed E-state index contributed by atoms with van der Waals surface area (Å²) in [5.74, 6) is -2.10. The summed E-state index contributed by atoms with van der Waals surface area (Å²) in [4.78, 5) is 3.26. The van der Waals surface area contributed by atoms with Crippen LogP contribution in [0.25, 0.3) is 22.0 Å². The lowest BCUT2D eigenvalue weighted by molar-refractivity contribution is 0.415. The first kappa shape index (κ1) is 19.9. The standard InChI is InChI=1S/C22H14F3NO3S/c1-29-17-4-2-3-13(7-17)22-19-6-5-14(23)11-20(19)26-12-21(22)30(27,28)18-9-15(24)8-16(25)10-18/h2-12H,1H3. The van der Waals surface area contributed by atoms with E-state index >= 15 is 0 Å². The lowest BCUT2D eigenvalue weighted by atomic mass is 10.0. The van der Waals surface area contributed by atoms with Crippen LogP contribution < -0.4 is 4.74 Å². The number of ether oxygens (including phenoxy) is 1. The largest absolute Gasteiger partial charge is 0.497 e. The lowest BCUT2D eigenvalue weighted by Crippen LogP contribution is -2.07. The molecule has 4 nitrogen and oxygen atoms in total. The van der Waals surface area contributed by atoms with Crippen molar-refractivity contribution in [2.75, 3.05) is 7.11 Å². The molecule has 0 atom stereocenters.